The van der Waals surface area contributed by atoms with Crippen LogP contribution in [0.15, 0.2) is 54.6 Å². The summed E-state index contributed by atoms with van der Waals surface area (Å²) < 4.78 is 39.2. The monoisotopic (exact) mass is 677 g/mol. The van der Waals surface area contributed by atoms with E-state index in [0.717, 1.165) is 6.26 Å². The number of carbonyl (C=O) groups excluding carboxylic acids is 1. The Balaban J connectivity index is 1.77. The third kappa shape index (κ3) is 6.61. The molecule has 0 radical (unpaired) electrons. The molecule has 0 spiro atoms. The zero-order valence-electron chi connectivity index (χ0n) is 18.4. The van der Waals surface area contributed by atoms with Gasteiger partial charge in [-0.05, 0) is 29.7 Å². The summed E-state index contributed by atoms with van der Waals surface area (Å²) in [5.41, 5.74) is -0.176. The van der Waals surface area contributed by atoms with Crippen LogP contribution in [-0.4, -0.2) is 28.9 Å². The predicted octanol–water partition coefficient (Wildman–Crippen LogP) is 6.04. The van der Waals surface area contributed by atoms with Gasteiger partial charge in [-0.15, -0.1) is 0 Å². The lowest BCUT2D eigenvalue weighted by molar-refractivity contribution is -0.149. The first-order valence-electron chi connectivity index (χ1n) is 10.1. The van der Waals surface area contributed by atoms with Crippen LogP contribution in [0.1, 0.15) is 25.5 Å². The highest BCUT2D eigenvalue weighted by Crippen LogP contribution is 2.65. The quantitative estimate of drug-likeness (QED) is 0.190. The summed E-state index contributed by atoms with van der Waals surface area (Å²) in [4.78, 5) is 13.1. The van der Waals surface area contributed by atoms with Gasteiger partial charge in [0.25, 0.3) is 10.1 Å². The van der Waals surface area contributed by atoms with Crippen molar-refractivity contribution in [2.24, 2.45) is 17.3 Å². The number of esters is 1. The van der Waals surface area contributed by atoms with Crippen molar-refractivity contribution in [3.8, 4) is 17.6 Å². The first kappa shape index (κ1) is 27.1. The highest BCUT2D eigenvalue weighted by molar-refractivity contribution is 9.39. The lowest BCUT2D eigenvalue weighted by Crippen LogP contribution is -2.34. The summed E-state index contributed by atoms with van der Waals surface area (Å²) in [5, 5.41) is 9.70. The SMILES string of the molecule is CC1(C)[C@@H]([C@H](OS(C)(=O)=O)C(Br)(Br)Br)[C@H]1C(=O)O[C@H](C#N)c1cccc(Oc2ccccc2)c1. The molecule has 1 aliphatic rings. The molecule has 11 heteroatoms. The maximum Gasteiger partial charge on any atom is 0.311 e. The van der Waals surface area contributed by atoms with Crippen molar-refractivity contribution in [1.82, 2.24) is 0 Å². The van der Waals surface area contributed by atoms with E-state index in [1.165, 1.54) is 0 Å². The van der Waals surface area contributed by atoms with Crippen molar-refractivity contribution in [2.75, 3.05) is 6.26 Å². The number of halogens is 3. The van der Waals surface area contributed by atoms with Crippen molar-refractivity contribution in [3.63, 3.8) is 0 Å². The maximum absolute atomic E-state index is 13.1. The molecule has 3 rings (SSSR count). The van der Waals surface area contributed by atoms with E-state index in [4.69, 9.17) is 13.7 Å². The number of hydrogen-bond donors (Lipinski definition) is 0. The summed E-state index contributed by atoms with van der Waals surface area (Å²) in [7, 11) is -3.82. The molecule has 0 N–H and O–H groups in total. The molecule has 0 amide bonds. The predicted molar refractivity (Wildman–Crippen MR) is 137 cm³/mol. The maximum atomic E-state index is 13.1. The highest BCUT2D eigenvalue weighted by atomic mass is 80.0. The lowest BCUT2D eigenvalue weighted by atomic mass is 10.1. The van der Waals surface area contributed by atoms with Crippen LogP contribution in [-0.2, 0) is 23.8 Å². The number of para-hydroxylation sites is 1. The van der Waals surface area contributed by atoms with E-state index in [2.05, 4.69) is 47.8 Å². The molecule has 0 bridgehead atoms. The molecule has 0 heterocycles. The summed E-state index contributed by atoms with van der Waals surface area (Å²) in [6.07, 6.45) is -1.18. The number of alkyl halides is 3. The van der Waals surface area contributed by atoms with Crippen molar-refractivity contribution in [3.05, 3.63) is 60.2 Å². The highest BCUT2D eigenvalue weighted by Gasteiger charge is 2.69. The number of nitriles is 1. The minimum atomic E-state index is -3.82. The van der Waals surface area contributed by atoms with E-state index in [1.807, 2.05) is 38.1 Å². The summed E-state index contributed by atoms with van der Waals surface area (Å²) >= 11 is 9.99. The van der Waals surface area contributed by atoms with Crippen LogP contribution in [0.5, 0.6) is 11.5 Å². The van der Waals surface area contributed by atoms with Gasteiger partial charge >= 0.3 is 5.97 Å². The topological polar surface area (TPSA) is 103 Å². The molecule has 0 aromatic heterocycles. The zero-order valence-corrected chi connectivity index (χ0v) is 24.0. The smallest absolute Gasteiger partial charge is 0.311 e. The number of ether oxygens (including phenoxy) is 2. The zero-order chi connectivity index (χ0) is 25.3. The number of rotatable bonds is 8. The number of nitrogens with zero attached hydrogens (tertiary/aromatic N) is 1. The second-order valence-electron chi connectivity index (χ2n) is 8.52. The molecular formula is C23H22Br3NO6S. The third-order valence-corrected chi connectivity index (χ3v) is 7.49. The van der Waals surface area contributed by atoms with E-state index in [-0.39, 0.29) is 0 Å². The van der Waals surface area contributed by atoms with Crippen molar-refractivity contribution >= 4 is 63.9 Å². The second kappa shape index (κ2) is 10.3. The molecule has 7 nitrogen and oxygen atoms in total. The van der Waals surface area contributed by atoms with E-state index in [9.17, 15) is 18.5 Å². The molecule has 2 aromatic carbocycles. The van der Waals surface area contributed by atoms with Crippen LogP contribution in [0.4, 0.5) is 0 Å². The van der Waals surface area contributed by atoms with Crippen molar-refractivity contribution in [2.45, 2.75) is 28.2 Å². The normalized spacial score (nSPS) is 21.1. The number of benzene rings is 2. The summed E-state index contributed by atoms with van der Waals surface area (Å²) in [6, 6.07) is 17.9. The van der Waals surface area contributed by atoms with E-state index < -0.39 is 47.7 Å². The molecule has 1 saturated carbocycles. The van der Waals surface area contributed by atoms with Gasteiger partial charge in [-0.1, -0.05) is 92.0 Å². The van der Waals surface area contributed by atoms with Crippen LogP contribution in [0, 0.1) is 28.6 Å². The average Bonchev–Trinajstić information content (AvgIpc) is 3.31. The van der Waals surface area contributed by atoms with Gasteiger partial charge in [-0.25, -0.2) is 0 Å². The Morgan fingerprint density at radius 3 is 2.26 bits per heavy atom. The van der Waals surface area contributed by atoms with Crippen LogP contribution in [0.25, 0.3) is 0 Å². The van der Waals surface area contributed by atoms with Crippen LogP contribution in [0.3, 0.4) is 0 Å². The standard InChI is InChI=1S/C23H22Br3NO6S/c1-22(2)18(20(23(24,25)26)33-34(3,29)30)19(22)21(28)32-17(13-27)14-8-7-11-16(12-14)31-15-9-5-4-6-10-15/h4-12,17-20H,1-3H3/t17-,18-,19+,20+/m1/s1. The first-order valence-corrected chi connectivity index (χ1v) is 14.3. The molecule has 182 valence electrons. The first-order chi connectivity index (χ1) is 15.7. The Hall–Kier alpha value is -1.45. The molecule has 2 aromatic rings. The van der Waals surface area contributed by atoms with Gasteiger partial charge in [-0.3, -0.25) is 8.98 Å². The molecule has 1 aliphatic carbocycles. The number of hydrogen-bond acceptors (Lipinski definition) is 7. The Morgan fingerprint density at radius 1 is 1.09 bits per heavy atom. The van der Waals surface area contributed by atoms with Gasteiger partial charge in [0.15, 0.2) is 2.14 Å². The fourth-order valence-corrected chi connectivity index (χ4v) is 6.07. The molecule has 1 fully saturated rings. The fourth-order valence-electron chi connectivity index (χ4n) is 3.92. The molecule has 0 saturated heterocycles. The minimum Gasteiger partial charge on any atom is -0.457 e. The molecule has 0 aliphatic heterocycles. The van der Waals surface area contributed by atoms with Gasteiger partial charge in [0.1, 0.15) is 23.7 Å². The molecule has 4 atom stereocenters. The number of carbonyl (C=O) groups is 1. The van der Waals surface area contributed by atoms with Crippen LogP contribution >= 0.6 is 47.8 Å². The Labute approximate surface area is 224 Å². The van der Waals surface area contributed by atoms with Gasteiger partial charge in [0, 0.05) is 11.5 Å². The fraction of sp³-hybridized carbons (Fsp3) is 0.391. The third-order valence-electron chi connectivity index (χ3n) is 5.58. The minimum absolute atomic E-state index is 0.457. The van der Waals surface area contributed by atoms with Crippen molar-refractivity contribution in [1.29, 1.82) is 5.26 Å². The average molecular weight is 680 g/mol. The lowest BCUT2D eigenvalue weighted by Gasteiger charge is -2.25. The van der Waals surface area contributed by atoms with Gasteiger partial charge in [-0.2, -0.15) is 13.7 Å². The largest absolute Gasteiger partial charge is 0.457 e. The van der Waals surface area contributed by atoms with Gasteiger partial charge < -0.3 is 9.47 Å². The van der Waals surface area contributed by atoms with Gasteiger partial charge in [0.05, 0.1) is 12.2 Å². The Morgan fingerprint density at radius 2 is 1.71 bits per heavy atom. The van der Waals surface area contributed by atoms with Crippen LogP contribution < -0.4 is 4.74 Å². The Kier molecular flexibility index (Phi) is 8.20. The second-order valence-corrected chi connectivity index (χ2v) is 17.1. The summed E-state index contributed by atoms with van der Waals surface area (Å²) in [5.74, 6) is -0.693. The molecule has 0 unspecified atom stereocenters. The van der Waals surface area contributed by atoms with Crippen LogP contribution in [0.2, 0.25) is 0 Å². The van der Waals surface area contributed by atoms with E-state index in [0.29, 0.717) is 17.1 Å². The van der Waals surface area contributed by atoms with E-state index >= 15 is 0 Å². The molecular weight excluding hydrogens is 658 g/mol. The van der Waals surface area contributed by atoms with Crippen molar-refractivity contribution < 1.29 is 26.9 Å². The van der Waals surface area contributed by atoms with Gasteiger partial charge in [0.2, 0.25) is 6.10 Å². The summed E-state index contributed by atoms with van der Waals surface area (Å²) in [6.45, 7) is 3.63. The molecule has 34 heavy (non-hydrogen) atoms. The van der Waals surface area contributed by atoms with E-state index in [1.54, 1.807) is 36.4 Å². The Bertz CT molecular complexity index is 1190.